The van der Waals surface area contributed by atoms with E-state index in [-0.39, 0.29) is 6.04 Å². The molecule has 0 aliphatic carbocycles. The van der Waals surface area contributed by atoms with E-state index in [9.17, 15) is 0 Å². The summed E-state index contributed by atoms with van der Waals surface area (Å²) < 4.78 is 5.21. The number of nitrogens with one attached hydrogen (secondary N) is 1. The quantitative estimate of drug-likeness (QED) is 0.722. The Morgan fingerprint density at radius 1 is 1.57 bits per heavy atom. The van der Waals surface area contributed by atoms with Gasteiger partial charge in [0.1, 0.15) is 5.82 Å². The van der Waals surface area contributed by atoms with Gasteiger partial charge in [-0.15, -0.1) is 0 Å². The zero-order chi connectivity index (χ0) is 10.4. The van der Waals surface area contributed by atoms with E-state index in [0.29, 0.717) is 24.8 Å². The molecular formula is C9H16N4O. The molecule has 0 fully saturated rings. The van der Waals surface area contributed by atoms with Crippen LogP contribution >= 0.6 is 0 Å². The van der Waals surface area contributed by atoms with Crippen molar-refractivity contribution < 1.29 is 4.74 Å². The zero-order valence-electron chi connectivity index (χ0n) is 8.53. The highest BCUT2D eigenvalue weighted by Crippen LogP contribution is 2.08. The van der Waals surface area contributed by atoms with Crippen molar-refractivity contribution in [2.45, 2.75) is 19.9 Å². The van der Waals surface area contributed by atoms with Crippen molar-refractivity contribution in [1.82, 2.24) is 9.97 Å². The molecule has 0 amide bonds. The van der Waals surface area contributed by atoms with Gasteiger partial charge in [-0.25, -0.2) is 0 Å². The van der Waals surface area contributed by atoms with Crippen LogP contribution in [0.1, 0.15) is 13.8 Å². The number of nitrogens with two attached hydrogens (primary N) is 1. The summed E-state index contributed by atoms with van der Waals surface area (Å²) >= 11 is 0. The van der Waals surface area contributed by atoms with Gasteiger partial charge in [0.2, 0.25) is 5.88 Å². The zero-order valence-corrected chi connectivity index (χ0v) is 8.53. The molecule has 1 heterocycles. The minimum absolute atomic E-state index is 0.0903. The lowest BCUT2D eigenvalue weighted by molar-refractivity contribution is 0.325. The molecule has 0 aromatic carbocycles. The largest absolute Gasteiger partial charge is 0.477 e. The summed E-state index contributed by atoms with van der Waals surface area (Å²) in [5.74, 6) is 1.22. The number of aromatic nitrogens is 2. The molecule has 1 aromatic rings. The molecule has 1 aromatic heterocycles. The first-order valence-corrected chi connectivity index (χ1v) is 4.66. The van der Waals surface area contributed by atoms with E-state index in [1.165, 1.54) is 0 Å². The summed E-state index contributed by atoms with van der Waals surface area (Å²) in [6.45, 7) is 5.09. The van der Waals surface area contributed by atoms with Crippen LogP contribution < -0.4 is 15.8 Å². The van der Waals surface area contributed by atoms with Crippen LogP contribution in [0, 0.1) is 0 Å². The molecule has 0 aliphatic heterocycles. The van der Waals surface area contributed by atoms with E-state index in [2.05, 4.69) is 15.3 Å². The lowest BCUT2D eigenvalue weighted by atomic mass is 10.4. The van der Waals surface area contributed by atoms with Crippen LogP contribution in [0.25, 0.3) is 0 Å². The number of rotatable bonds is 5. The van der Waals surface area contributed by atoms with Crippen LogP contribution in [0.15, 0.2) is 12.4 Å². The maximum atomic E-state index is 5.60. The second kappa shape index (κ2) is 5.39. The van der Waals surface area contributed by atoms with Crippen LogP contribution in [0.3, 0.4) is 0 Å². The van der Waals surface area contributed by atoms with Crippen LogP contribution in [-0.4, -0.2) is 29.2 Å². The van der Waals surface area contributed by atoms with Crippen molar-refractivity contribution in [1.29, 1.82) is 0 Å². The monoisotopic (exact) mass is 196 g/mol. The van der Waals surface area contributed by atoms with Gasteiger partial charge in [-0.2, -0.15) is 4.98 Å². The summed E-state index contributed by atoms with van der Waals surface area (Å²) in [4.78, 5) is 8.17. The second-order valence-corrected chi connectivity index (χ2v) is 3.03. The fourth-order valence-corrected chi connectivity index (χ4v) is 0.916. The van der Waals surface area contributed by atoms with Crippen molar-refractivity contribution in [2.24, 2.45) is 5.73 Å². The fourth-order valence-electron chi connectivity index (χ4n) is 0.916. The molecule has 1 atom stereocenters. The molecule has 0 aliphatic rings. The normalized spacial score (nSPS) is 12.2. The Hall–Kier alpha value is -1.36. The topological polar surface area (TPSA) is 73.1 Å². The van der Waals surface area contributed by atoms with Gasteiger partial charge in [0.25, 0.3) is 0 Å². The van der Waals surface area contributed by atoms with Gasteiger partial charge in [-0.05, 0) is 13.8 Å². The van der Waals surface area contributed by atoms with Gasteiger partial charge < -0.3 is 15.8 Å². The van der Waals surface area contributed by atoms with E-state index >= 15 is 0 Å². The molecule has 0 saturated carbocycles. The first kappa shape index (κ1) is 10.7. The lowest BCUT2D eigenvalue weighted by Crippen LogP contribution is -2.25. The average molecular weight is 196 g/mol. The van der Waals surface area contributed by atoms with E-state index in [1.54, 1.807) is 12.4 Å². The number of anilines is 1. The van der Waals surface area contributed by atoms with Gasteiger partial charge in [0.15, 0.2) is 0 Å². The highest BCUT2D eigenvalue weighted by molar-refractivity contribution is 5.33. The predicted octanol–water partition coefficient (Wildman–Crippen LogP) is 0.634. The fraction of sp³-hybridized carbons (Fsp3) is 0.556. The highest BCUT2D eigenvalue weighted by atomic mass is 16.5. The average Bonchev–Trinajstić information content (AvgIpc) is 2.16. The third-order valence-electron chi connectivity index (χ3n) is 1.51. The molecule has 78 valence electrons. The number of ether oxygens (including phenoxy) is 1. The molecule has 0 bridgehead atoms. The lowest BCUT2D eigenvalue weighted by Gasteiger charge is -2.08. The third-order valence-corrected chi connectivity index (χ3v) is 1.51. The third kappa shape index (κ3) is 3.57. The Morgan fingerprint density at radius 3 is 3.00 bits per heavy atom. The number of hydrogen-bond donors (Lipinski definition) is 2. The van der Waals surface area contributed by atoms with Crippen molar-refractivity contribution in [3.8, 4) is 5.88 Å². The molecule has 1 unspecified atom stereocenters. The molecule has 0 radical (unpaired) electrons. The Kier molecular flexibility index (Phi) is 4.12. The van der Waals surface area contributed by atoms with Crippen molar-refractivity contribution in [3.63, 3.8) is 0 Å². The van der Waals surface area contributed by atoms with Gasteiger partial charge >= 0.3 is 0 Å². The smallest absolute Gasteiger partial charge is 0.234 e. The Balaban J connectivity index is 2.54. The highest BCUT2D eigenvalue weighted by Gasteiger charge is 1.99. The minimum Gasteiger partial charge on any atom is -0.477 e. The van der Waals surface area contributed by atoms with Crippen LogP contribution in [0.4, 0.5) is 5.82 Å². The van der Waals surface area contributed by atoms with Crippen molar-refractivity contribution >= 4 is 5.82 Å². The Bertz CT molecular complexity index is 277. The number of hydrogen-bond acceptors (Lipinski definition) is 5. The maximum Gasteiger partial charge on any atom is 0.234 e. The molecule has 3 N–H and O–H groups in total. The van der Waals surface area contributed by atoms with Gasteiger partial charge in [-0.1, -0.05) is 0 Å². The van der Waals surface area contributed by atoms with Gasteiger partial charge in [-0.3, -0.25) is 4.98 Å². The van der Waals surface area contributed by atoms with E-state index in [1.807, 2.05) is 13.8 Å². The van der Waals surface area contributed by atoms with Crippen LogP contribution in [0.2, 0.25) is 0 Å². The number of nitrogens with zero attached hydrogens (tertiary/aromatic N) is 2. The molecule has 5 heteroatoms. The van der Waals surface area contributed by atoms with E-state index in [4.69, 9.17) is 10.5 Å². The summed E-state index contributed by atoms with van der Waals surface area (Å²) in [5.41, 5.74) is 5.60. The first-order chi connectivity index (χ1) is 6.72. The molecule has 1 rings (SSSR count). The summed E-state index contributed by atoms with van der Waals surface area (Å²) in [7, 11) is 0. The second-order valence-electron chi connectivity index (χ2n) is 3.03. The van der Waals surface area contributed by atoms with E-state index in [0.717, 1.165) is 0 Å². The molecular weight excluding hydrogens is 180 g/mol. The van der Waals surface area contributed by atoms with Crippen molar-refractivity contribution in [2.75, 3.05) is 18.5 Å². The van der Waals surface area contributed by atoms with Crippen molar-refractivity contribution in [3.05, 3.63) is 12.4 Å². The summed E-state index contributed by atoms with van der Waals surface area (Å²) in [6.07, 6.45) is 3.23. The SMILES string of the molecule is CCOc1cncc(NCC(C)N)n1. The summed E-state index contributed by atoms with van der Waals surface area (Å²) in [5, 5.41) is 3.06. The molecule has 14 heavy (non-hydrogen) atoms. The Morgan fingerprint density at radius 2 is 2.36 bits per heavy atom. The minimum atomic E-state index is 0.0903. The first-order valence-electron chi connectivity index (χ1n) is 4.66. The maximum absolute atomic E-state index is 5.60. The van der Waals surface area contributed by atoms with Gasteiger partial charge in [0, 0.05) is 12.6 Å². The molecule has 0 saturated heterocycles. The van der Waals surface area contributed by atoms with Gasteiger partial charge in [0.05, 0.1) is 19.0 Å². The molecule has 5 nitrogen and oxygen atoms in total. The Labute approximate surface area is 83.7 Å². The molecule has 0 spiro atoms. The van der Waals surface area contributed by atoms with E-state index < -0.39 is 0 Å². The van der Waals surface area contributed by atoms with Crippen LogP contribution in [-0.2, 0) is 0 Å². The predicted molar refractivity (Wildman–Crippen MR) is 55.3 cm³/mol. The summed E-state index contributed by atoms with van der Waals surface area (Å²) in [6, 6.07) is 0.0903. The van der Waals surface area contributed by atoms with Crippen LogP contribution in [0.5, 0.6) is 5.88 Å². The standard InChI is InChI=1S/C9H16N4O/c1-3-14-9-6-11-5-8(13-9)12-4-7(2)10/h5-7H,3-4,10H2,1-2H3,(H,12,13).